The molecule has 27 heavy (non-hydrogen) atoms. The van der Waals surface area contributed by atoms with Crippen LogP contribution >= 0.6 is 0 Å². The second-order valence-corrected chi connectivity index (χ2v) is 7.70. The second-order valence-electron chi connectivity index (χ2n) is 7.70. The largest absolute Gasteiger partial charge is 0.444 e. The van der Waals surface area contributed by atoms with Crippen molar-refractivity contribution in [2.45, 2.75) is 39.2 Å². The summed E-state index contributed by atoms with van der Waals surface area (Å²) < 4.78 is 5.32. The molecule has 8 heteroatoms. The lowest BCUT2D eigenvalue weighted by molar-refractivity contribution is -0.169. The van der Waals surface area contributed by atoms with E-state index in [1.807, 2.05) is 0 Å². The van der Waals surface area contributed by atoms with E-state index >= 15 is 0 Å². The molecular formula is C19H22N2O6. The van der Waals surface area contributed by atoms with Crippen molar-refractivity contribution in [3.05, 3.63) is 35.4 Å². The van der Waals surface area contributed by atoms with Crippen LogP contribution in [0, 0.1) is 5.92 Å². The van der Waals surface area contributed by atoms with Crippen LogP contribution < -0.4 is 0 Å². The average molecular weight is 374 g/mol. The summed E-state index contributed by atoms with van der Waals surface area (Å²) in [5.74, 6) is -2.09. The molecule has 2 heterocycles. The molecule has 2 aliphatic rings. The lowest BCUT2D eigenvalue weighted by Gasteiger charge is -2.24. The van der Waals surface area contributed by atoms with Crippen molar-refractivity contribution in [3.8, 4) is 0 Å². The van der Waals surface area contributed by atoms with Crippen LogP contribution in [0.15, 0.2) is 24.3 Å². The molecule has 0 aromatic heterocycles. The molecule has 0 unspecified atom stereocenters. The summed E-state index contributed by atoms with van der Waals surface area (Å²) in [6.07, 6.45) is 0.210. The van der Waals surface area contributed by atoms with Gasteiger partial charge < -0.3 is 14.5 Å². The van der Waals surface area contributed by atoms with E-state index in [9.17, 15) is 19.2 Å². The molecule has 1 aromatic carbocycles. The second kappa shape index (κ2) is 7.02. The minimum Gasteiger partial charge on any atom is -0.444 e. The van der Waals surface area contributed by atoms with Gasteiger partial charge in [-0.2, -0.15) is 0 Å². The number of hydroxylamine groups is 2. The van der Waals surface area contributed by atoms with Gasteiger partial charge in [-0.1, -0.05) is 17.2 Å². The molecule has 3 amide bonds. The molecule has 1 fully saturated rings. The van der Waals surface area contributed by atoms with Crippen molar-refractivity contribution < 1.29 is 28.8 Å². The third kappa shape index (κ3) is 4.10. The van der Waals surface area contributed by atoms with Crippen LogP contribution in [0.4, 0.5) is 4.79 Å². The number of ether oxygens (including phenoxy) is 1. The molecular weight excluding hydrogens is 352 g/mol. The number of rotatable bonds is 3. The van der Waals surface area contributed by atoms with Crippen LogP contribution in [0.2, 0.25) is 0 Å². The summed E-state index contributed by atoms with van der Waals surface area (Å²) in [7, 11) is 0. The molecule has 0 aliphatic carbocycles. The molecule has 1 saturated heterocycles. The number of benzene rings is 1. The quantitative estimate of drug-likeness (QED) is 0.754. The van der Waals surface area contributed by atoms with E-state index in [0.29, 0.717) is 24.6 Å². The Balaban J connectivity index is 1.53. The van der Waals surface area contributed by atoms with Crippen molar-refractivity contribution in [1.82, 2.24) is 9.96 Å². The highest BCUT2D eigenvalue weighted by Gasteiger charge is 2.39. The van der Waals surface area contributed by atoms with E-state index in [1.54, 1.807) is 37.8 Å². The normalized spacial score (nSPS) is 19.3. The van der Waals surface area contributed by atoms with Gasteiger partial charge in [0, 0.05) is 13.1 Å². The van der Waals surface area contributed by atoms with Crippen LogP contribution in [-0.4, -0.2) is 52.5 Å². The molecule has 8 nitrogen and oxygen atoms in total. The first kappa shape index (κ1) is 18.9. The molecule has 1 atom stereocenters. The summed E-state index contributed by atoms with van der Waals surface area (Å²) in [5.41, 5.74) is -0.154. The van der Waals surface area contributed by atoms with Gasteiger partial charge in [-0.3, -0.25) is 9.59 Å². The van der Waals surface area contributed by atoms with E-state index in [0.717, 1.165) is 0 Å². The first-order valence-electron chi connectivity index (χ1n) is 8.82. The summed E-state index contributed by atoms with van der Waals surface area (Å²) in [6.45, 7) is 6.22. The molecule has 0 saturated carbocycles. The number of fused-ring (bicyclic) bond motifs is 1. The van der Waals surface area contributed by atoms with Gasteiger partial charge in [0.25, 0.3) is 11.8 Å². The van der Waals surface area contributed by atoms with Crippen LogP contribution in [0.1, 0.15) is 54.3 Å². The minimum atomic E-state index is -0.680. The van der Waals surface area contributed by atoms with Gasteiger partial charge in [0.2, 0.25) is 0 Å². The predicted molar refractivity (Wildman–Crippen MR) is 93.6 cm³/mol. The van der Waals surface area contributed by atoms with Gasteiger partial charge >= 0.3 is 12.1 Å². The first-order valence-corrected chi connectivity index (χ1v) is 8.82. The number of likely N-dealkylation sites (tertiary alicyclic amines) is 1. The Labute approximate surface area is 157 Å². The standard InChI is InChI=1S/C19H22N2O6/c1-19(2,3)26-18(25)20-9-8-12(11-20)10-15(22)27-21-16(23)13-6-4-5-7-14(13)17(21)24/h4-7,12H,8-11H2,1-3H3/t12-/m1/s1. The van der Waals surface area contributed by atoms with Crippen molar-refractivity contribution in [1.29, 1.82) is 0 Å². The summed E-state index contributed by atoms with van der Waals surface area (Å²) >= 11 is 0. The van der Waals surface area contributed by atoms with E-state index in [4.69, 9.17) is 9.57 Å². The highest BCUT2D eigenvalue weighted by molar-refractivity contribution is 6.20. The maximum absolute atomic E-state index is 12.2. The Morgan fingerprint density at radius 1 is 1.11 bits per heavy atom. The lowest BCUT2D eigenvalue weighted by Crippen LogP contribution is -2.36. The molecule has 0 bridgehead atoms. The molecule has 0 spiro atoms. The number of carbonyl (C=O) groups excluding carboxylic acids is 4. The Morgan fingerprint density at radius 3 is 2.26 bits per heavy atom. The van der Waals surface area contributed by atoms with Gasteiger partial charge in [0.05, 0.1) is 17.5 Å². The van der Waals surface area contributed by atoms with Gasteiger partial charge in [0.15, 0.2) is 0 Å². The highest BCUT2D eigenvalue weighted by atomic mass is 16.7. The molecule has 144 valence electrons. The Hall–Kier alpha value is -2.90. The molecule has 2 aliphatic heterocycles. The van der Waals surface area contributed by atoms with Crippen molar-refractivity contribution in [2.24, 2.45) is 5.92 Å². The van der Waals surface area contributed by atoms with Crippen molar-refractivity contribution in [3.63, 3.8) is 0 Å². The van der Waals surface area contributed by atoms with Crippen LogP contribution in [-0.2, 0) is 14.4 Å². The van der Waals surface area contributed by atoms with E-state index in [-0.39, 0.29) is 23.5 Å². The molecule has 0 radical (unpaired) electrons. The van der Waals surface area contributed by atoms with E-state index < -0.39 is 29.5 Å². The topological polar surface area (TPSA) is 93.2 Å². The number of carbonyl (C=O) groups is 4. The van der Waals surface area contributed by atoms with Crippen LogP contribution in [0.25, 0.3) is 0 Å². The van der Waals surface area contributed by atoms with Gasteiger partial charge in [-0.05, 0) is 45.2 Å². The maximum Gasteiger partial charge on any atom is 0.410 e. The zero-order chi connectivity index (χ0) is 19.8. The van der Waals surface area contributed by atoms with Crippen LogP contribution in [0.5, 0.6) is 0 Å². The fraction of sp³-hybridized carbons (Fsp3) is 0.474. The monoisotopic (exact) mass is 374 g/mol. The predicted octanol–water partition coefficient (Wildman–Crippen LogP) is 2.39. The maximum atomic E-state index is 12.2. The Kier molecular flexibility index (Phi) is 4.91. The number of imide groups is 1. The van der Waals surface area contributed by atoms with Gasteiger partial charge in [0.1, 0.15) is 5.60 Å². The third-order valence-corrected chi connectivity index (χ3v) is 4.34. The first-order chi connectivity index (χ1) is 12.7. The average Bonchev–Trinajstić information content (AvgIpc) is 3.13. The van der Waals surface area contributed by atoms with Gasteiger partial charge in [-0.25, -0.2) is 9.59 Å². The molecule has 1 aromatic rings. The van der Waals surface area contributed by atoms with Gasteiger partial charge in [-0.15, -0.1) is 0 Å². The SMILES string of the molecule is CC(C)(C)OC(=O)N1CC[C@H](CC(=O)ON2C(=O)c3ccccc3C2=O)C1. The molecule has 3 rings (SSSR count). The summed E-state index contributed by atoms with van der Waals surface area (Å²) in [5, 5.41) is 0.508. The Bertz CT molecular complexity index is 763. The number of hydrogen-bond donors (Lipinski definition) is 0. The smallest absolute Gasteiger partial charge is 0.410 e. The fourth-order valence-corrected chi connectivity index (χ4v) is 3.12. The zero-order valence-corrected chi connectivity index (χ0v) is 15.6. The molecule has 0 N–H and O–H groups in total. The van der Waals surface area contributed by atoms with Crippen LogP contribution in [0.3, 0.4) is 0 Å². The fourth-order valence-electron chi connectivity index (χ4n) is 3.12. The van der Waals surface area contributed by atoms with E-state index in [2.05, 4.69) is 0 Å². The zero-order valence-electron chi connectivity index (χ0n) is 15.6. The van der Waals surface area contributed by atoms with E-state index in [1.165, 1.54) is 12.1 Å². The van der Waals surface area contributed by atoms with Crippen molar-refractivity contribution >= 4 is 23.9 Å². The number of amides is 3. The minimum absolute atomic E-state index is 0.00665. The number of nitrogens with zero attached hydrogens (tertiary/aromatic N) is 2. The Morgan fingerprint density at radius 2 is 1.70 bits per heavy atom. The number of hydrogen-bond acceptors (Lipinski definition) is 6. The van der Waals surface area contributed by atoms with Crippen molar-refractivity contribution in [2.75, 3.05) is 13.1 Å². The summed E-state index contributed by atoms with van der Waals surface area (Å²) in [6, 6.07) is 6.30. The summed E-state index contributed by atoms with van der Waals surface area (Å²) in [4.78, 5) is 55.3. The highest BCUT2D eigenvalue weighted by Crippen LogP contribution is 2.25. The third-order valence-electron chi connectivity index (χ3n) is 4.34. The lowest BCUT2D eigenvalue weighted by atomic mass is 10.1.